The topological polar surface area (TPSA) is 46.5 Å². The molecule has 0 bridgehead atoms. The van der Waals surface area contributed by atoms with E-state index >= 15 is 0 Å². The summed E-state index contributed by atoms with van der Waals surface area (Å²) in [5, 5.41) is 2.80. The van der Waals surface area contributed by atoms with Crippen LogP contribution in [0.2, 0.25) is 0 Å². The number of anilines is 1. The Balaban J connectivity index is 1.57. The number of ether oxygens (including phenoxy) is 1. The fourth-order valence-corrected chi connectivity index (χ4v) is 3.28. The van der Waals surface area contributed by atoms with Gasteiger partial charge in [0.05, 0.1) is 12.6 Å². The van der Waals surface area contributed by atoms with Crippen LogP contribution < -0.4 is 10.1 Å². The van der Waals surface area contributed by atoms with E-state index in [1.165, 1.54) is 17.8 Å². The van der Waals surface area contributed by atoms with Crippen LogP contribution >= 0.6 is 0 Å². The van der Waals surface area contributed by atoms with E-state index in [4.69, 9.17) is 0 Å². The number of nitrogens with zero attached hydrogens (tertiary/aromatic N) is 2. The molecule has 0 saturated carbocycles. The van der Waals surface area contributed by atoms with Gasteiger partial charge in [-0.3, -0.25) is 9.69 Å². The molecule has 0 unspecified atom stereocenters. The van der Waals surface area contributed by atoms with E-state index in [1.54, 1.807) is 12.1 Å². The molecule has 1 aromatic carbocycles. The third-order valence-corrected chi connectivity index (χ3v) is 4.40. The highest BCUT2D eigenvalue weighted by Gasteiger charge is 2.28. The van der Waals surface area contributed by atoms with Crippen LogP contribution in [-0.4, -0.2) is 35.1 Å². The van der Waals surface area contributed by atoms with Crippen LogP contribution in [-0.2, 0) is 11.8 Å². The van der Waals surface area contributed by atoms with Gasteiger partial charge in [0.15, 0.2) is 0 Å². The molecule has 1 aliphatic rings. The lowest BCUT2D eigenvalue weighted by Crippen LogP contribution is -2.33. The van der Waals surface area contributed by atoms with E-state index in [0.29, 0.717) is 12.2 Å². The SMILES string of the molecule is Cn1cccc1[C@@H]1CCCN1CC(=O)Nc1ccc(OC(F)F)cc1. The first-order chi connectivity index (χ1) is 12.0. The van der Waals surface area contributed by atoms with Crippen molar-refractivity contribution < 1.29 is 18.3 Å². The van der Waals surface area contributed by atoms with Crippen molar-refractivity contribution in [2.75, 3.05) is 18.4 Å². The maximum absolute atomic E-state index is 12.3. The van der Waals surface area contributed by atoms with Gasteiger partial charge >= 0.3 is 6.61 Å². The summed E-state index contributed by atoms with van der Waals surface area (Å²) < 4.78 is 30.7. The number of aromatic nitrogens is 1. The van der Waals surface area contributed by atoms with Crippen LogP contribution in [0.3, 0.4) is 0 Å². The van der Waals surface area contributed by atoms with E-state index in [9.17, 15) is 13.6 Å². The number of amides is 1. The zero-order valence-corrected chi connectivity index (χ0v) is 14.0. The number of carbonyl (C=O) groups is 1. The Morgan fingerprint density at radius 1 is 1.32 bits per heavy atom. The van der Waals surface area contributed by atoms with Crippen molar-refractivity contribution in [1.29, 1.82) is 0 Å². The first-order valence-corrected chi connectivity index (χ1v) is 8.23. The molecule has 0 aliphatic carbocycles. The third kappa shape index (κ3) is 4.36. The monoisotopic (exact) mass is 349 g/mol. The molecule has 134 valence electrons. The lowest BCUT2D eigenvalue weighted by atomic mass is 10.1. The predicted molar refractivity (Wildman–Crippen MR) is 90.7 cm³/mol. The number of benzene rings is 1. The molecule has 2 aromatic rings. The van der Waals surface area contributed by atoms with E-state index in [-0.39, 0.29) is 17.7 Å². The Labute approximate surface area is 145 Å². The van der Waals surface area contributed by atoms with Gasteiger partial charge in [0.1, 0.15) is 5.75 Å². The van der Waals surface area contributed by atoms with Crippen molar-refractivity contribution in [1.82, 2.24) is 9.47 Å². The molecule has 1 saturated heterocycles. The summed E-state index contributed by atoms with van der Waals surface area (Å²) in [6.07, 6.45) is 4.10. The Hall–Kier alpha value is -2.41. The van der Waals surface area contributed by atoms with Gasteiger partial charge in [-0.15, -0.1) is 0 Å². The molecular weight excluding hydrogens is 328 g/mol. The van der Waals surface area contributed by atoms with Gasteiger partial charge < -0.3 is 14.6 Å². The lowest BCUT2D eigenvalue weighted by Gasteiger charge is -2.24. The van der Waals surface area contributed by atoms with Gasteiger partial charge in [0.2, 0.25) is 5.91 Å². The molecule has 1 atom stereocenters. The average Bonchev–Trinajstić information content (AvgIpc) is 3.17. The minimum absolute atomic E-state index is 0.0660. The predicted octanol–water partition coefficient (Wildman–Crippen LogP) is 3.40. The van der Waals surface area contributed by atoms with Crippen molar-refractivity contribution in [3.63, 3.8) is 0 Å². The van der Waals surface area contributed by atoms with Crippen LogP contribution in [0.15, 0.2) is 42.6 Å². The zero-order chi connectivity index (χ0) is 17.8. The summed E-state index contributed by atoms with van der Waals surface area (Å²) >= 11 is 0. The third-order valence-electron chi connectivity index (χ3n) is 4.40. The molecule has 1 fully saturated rings. The Morgan fingerprint density at radius 3 is 2.72 bits per heavy atom. The Bertz CT molecular complexity index is 715. The van der Waals surface area contributed by atoms with Crippen molar-refractivity contribution in [3.8, 4) is 5.75 Å². The minimum Gasteiger partial charge on any atom is -0.435 e. The maximum atomic E-state index is 12.3. The van der Waals surface area contributed by atoms with Crippen molar-refractivity contribution in [2.45, 2.75) is 25.5 Å². The fourth-order valence-electron chi connectivity index (χ4n) is 3.28. The van der Waals surface area contributed by atoms with Crippen molar-refractivity contribution in [3.05, 3.63) is 48.3 Å². The summed E-state index contributed by atoms with van der Waals surface area (Å²) in [5.41, 5.74) is 1.76. The highest BCUT2D eigenvalue weighted by atomic mass is 19.3. The summed E-state index contributed by atoms with van der Waals surface area (Å²) in [5.74, 6) is -0.0556. The highest BCUT2D eigenvalue weighted by Crippen LogP contribution is 2.31. The van der Waals surface area contributed by atoms with Gasteiger partial charge in [-0.2, -0.15) is 8.78 Å². The van der Waals surface area contributed by atoms with Crippen LogP contribution in [0.5, 0.6) is 5.75 Å². The number of alkyl halides is 2. The van der Waals surface area contributed by atoms with E-state index in [1.807, 2.05) is 19.3 Å². The normalized spacial score (nSPS) is 17.8. The Morgan fingerprint density at radius 2 is 2.08 bits per heavy atom. The van der Waals surface area contributed by atoms with Crippen LogP contribution in [0, 0.1) is 0 Å². The zero-order valence-electron chi connectivity index (χ0n) is 14.0. The lowest BCUT2D eigenvalue weighted by molar-refractivity contribution is -0.117. The molecule has 0 radical (unpaired) electrons. The summed E-state index contributed by atoms with van der Waals surface area (Å²) in [6, 6.07) is 10.3. The van der Waals surface area contributed by atoms with E-state index in [2.05, 4.69) is 25.6 Å². The molecule has 1 amide bonds. The quantitative estimate of drug-likeness (QED) is 0.869. The number of nitrogens with one attached hydrogen (secondary N) is 1. The summed E-state index contributed by atoms with van der Waals surface area (Å²) in [4.78, 5) is 14.5. The number of aryl methyl sites for hydroxylation is 1. The second kappa shape index (κ2) is 7.65. The van der Waals surface area contributed by atoms with Crippen LogP contribution in [0.25, 0.3) is 0 Å². The first kappa shape index (κ1) is 17.4. The number of halogens is 2. The minimum atomic E-state index is -2.86. The van der Waals surface area contributed by atoms with Crippen LogP contribution in [0.4, 0.5) is 14.5 Å². The van der Waals surface area contributed by atoms with Gasteiger partial charge in [-0.05, 0) is 55.8 Å². The van der Waals surface area contributed by atoms with E-state index < -0.39 is 6.61 Å². The maximum Gasteiger partial charge on any atom is 0.387 e. The van der Waals surface area contributed by atoms with Gasteiger partial charge in [0, 0.05) is 24.6 Å². The number of hydrogen-bond donors (Lipinski definition) is 1. The fraction of sp³-hybridized carbons (Fsp3) is 0.389. The average molecular weight is 349 g/mol. The molecule has 7 heteroatoms. The number of likely N-dealkylation sites (tertiary alicyclic amines) is 1. The number of hydrogen-bond acceptors (Lipinski definition) is 3. The van der Waals surface area contributed by atoms with Gasteiger partial charge in [-0.1, -0.05) is 0 Å². The molecule has 5 nitrogen and oxygen atoms in total. The summed E-state index contributed by atoms with van der Waals surface area (Å²) in [6.45, 7) is -1.68. The second-order valence-corrected chi connectivity index (χ2v) is 6.12. The number of rotatable bonds is 6. The second-order valence-electron chi connectivity index (χ2n) is 6.12. The molecule has 25 heavy (non-hydrogen) atoms. The Kier molecular flexibility index (Phi) is 5.33. The summed E-state index contributed by atoms with van der Waals surface area (Å²) in [7, 11) is 2.01. The molecule has 1 aromatic heterocycles. The molecule has 2 heterocycles. The van der Waals surface area contributed by atoms with Gasteiger partial charge in [-0.25, -0.2) is 0 Å². The molecule has 1 aliphatic heterocycles. The number of carbonyl (C=O) groups excluding carboxylic acids is 1. The largest absolute Gasteiger partial charge is 0.435 e. The van der Waals surface area contributed by atoms with Crippen molar-refractivity contribution in [2.24, 2.45) is 7.05 Å². The highest BCUT2D eigenvalue weighted by molar-refractivity contribution is 5.92. The first-order valence-electron chi connectivity index (χ1n) is 8.23. The van der Waals surface area contributed by atoms with Crippen molar-refractivity contribution >= 4 is 11.6 Å². The molecule has 1 N–H and O–H groups in total. The van der Waals surface area contributed by atoms with Crippen LogP contribution in [0.1, 0.15) is 24.6 Å². The molecular formula is C18H21F2N3O2. The standard InChI is InChI=1S/C18H21F2N3O2/c1-22-10-2-4-15(22)16-5-3-11-23(16)12-17(24)21-13-6-8-14(9-7-13)25-18(19)20/h2,4,6-10,16,18H,3,5,11-12H2,1H3,(H,21,24)/t16-/m0/s1. The van der Waals surface area contributed by atoms with Gasteiger partial charge in [0.25, 0.3) is 0 Å². The molecule has 3 rings (SSSR count). The smallest absolute Gasteiger partial charge is 0.387 e. The van der Waals surface area contributed by atoms with E-state index in [0.717, 1.165) is 19.4 Å². The molecule has 0 spiro atoms.